The molecule has 1 aromatic rings. The number of para-hydroxylation sites is 1. The van der Waals surface area contributed by atoms with Crippen LogP contribution in [0.4, 0.5) is 0 Å². The van der Waals surface area contributed by atoms with Gasteiger partial charge in [-0.25, -0.2) is 0 Å². The van der Waals surface area contributed by atoms with Crippen LogP contribution in [-0.2, 0) is 18.4 Å². The Hall–Kier alpha value is -1.16. The van der Waals surface area contributed by atoms with Crippen LogP contribution in [0.1, 0.15) is 26.3 Å². The second-order valence-corrected chi connectivity index (χ2v) is 6.61. The zero-order valence-corrected chi connectivity index (χ0v) is 13.2. The molecule has 0 amide bonds. The summed E-state index contributed by atoms with van der Waals surface area (Å²) < 4.78 is 28.1. The lowest BCUT2D eigenvalue weighted by molar-refractivity contribution is -0.134. The van der Waals surface area contributed by atoms with Gasteiger partial charge < -0.3 is 13.8 Å². The van der Waals surface area contributed by atoms with Crippen molar-refractivity contribution >= 4 is 13.6 Å². The fraction of sp³-hybridized carbons (Fsp3) is 0.500. The lowest BCUT2D eigenvalue weighted by Gasteiger charge is -2.22. The maximum absolute atomic E-state index is 12.5. The van der Waals surface area contributed by atoms with Crippen molar-refractivity contribution in [1.82, 2.24) is 0 Å². The van der Waals surface area contributed by atoms with Gasteiger partial charge in [0.2, 0.25) is 0 Å². The van der Waals surface area contributed by atoms with Gasteiger partial charge in [-0.1, -0.05) is 18.2 Å². The molecule has 112 valence electrons. The second-order valence-electron chi connectivity index (χ2n) is 4.24. The van der Waals surface area contributed by atoms with E-state index in [4.69, 9.17) is 13.8 Å². The molecule has 0 aliphatic carbocycles. The fourth-order valence-corrected chi connectivity index (χ4v) is 3.17. The van der Waals surface area contributed by atoms with Gasteiger partial charge in [0.15, 0.2) is 5.66 Å². The van der Waals surface area contributed by atoms with Crippen LogP contribution >= 0.6 is 7.60 Å². The first-order valence-corrected chi connectivity index (χ1v) is 8.22. The van der Waals surface area contributed by atoms with E-state index in [2.05, 4.69) is 0 Å². The molecule has 5 nitrogen and oxygen atoms in total. The molecule has 0 aliphatic rings. The van der Waals surface area contributed by atoms with Crippen LogP contribution in [-0.4, -0.2) is 24.8 Å². The average molecular weight is 300 g/mol. The van der Waals surface area contributed by atoms with Crippen molar-refractivity contribution in [3.63, 3.8) is 0 Å². The van der Waals surface area contributed by atoms with Gasteiger partial charge in [0.25, 0.3) is 0 Å². The molecule has 1 unspecified atom stereocenters. The first-order chi connectivity index (χ1) is 9.44. The number of benzene rings is 1. The SMILES string of the molecule is CCOP(=O)(OCC)C(C)C(=O)Oc1ccccc1C. The van der Waals surface area contributed by atoms with Crippen LogP contribution in [0, 0.1) is 6.92 Å². The summed E-state index contributed by atoms with van der Waals surface area (Å²) in [6.45, 7) is 7.14. The number of carbonyl (C=O) groups excluding carboxylic acids is 1. The summed E-state index contributed by atoms with van der Waals surface area (Å²) in [7, 11) is -3.49. The third-order valence-corrected chi connectivity index (χ3v) is 5.13. The van der Waals surface area contributed by atoms with Gasteiger partial charge in [-0.2, -0.15) is 0 Å². The van der Waals surface area contributed by atoms with Crippen LogP contribution in [0.15, 0.2) is 24.3 Å². The number of hydrogen-bond donors (Lipinski definition) is 0. The predicted molar refractivity (Wildman–Crippen MR) is 77.1 cm³/mol. The number of carbonyl (C=O) groups is 1. The summed E-state index contributed by atoms with van der Waals surface area (Å²) in [5.74, 6) is -0.173. The summed E-state index contributed by atoms with van der Waals surface area (Å²) in [5.41, 5.74) is -0.141. The summed E-state index contributed by atoms with van der Waals surface area (Å²) in [6.07, 6.45) is 0. The number of esters is 1. The zero-order valence-electron chi connectivity index (χ0n) is 12.3. The molecule has 1 atom stereocenters. The zero-order chi connectivity index (χ0) is 15.2. The Balaban J connectivity index is 2.85. The molecule has 1 rings (SSSR count). The molecule has 0 saturated heterocycles. The van der Waals surface area contributed by atoms with Crippen LogP contribution in [0.5, 0.6) is 5.75 Å². The maximum atomic E-state index is 12.5. The van der Waals surface area contributed by atoms with Gasteiger partial charge in [0.1, 0.15) is 5.75 Å². The molecule has 0 spiro atoms. The van der Waals surface area contributed by atoms with E-state index in [0.717, 1.165) is 5.56 Å². The smallest absolute Gasteiger partial charge is 0.344 e. The third kappa shape index (κ3) is 4.17. The van der Waals surface area contributed by atoms with Gasteiger partial charge in [0, 0.05) is 0 Å². The summed E-state index contributed by atoms with van der Waals surface area (Å²) >= 11 is 0. The minimum absolute atomic E-state index is 0.208. The number of hydrogen-bond acceptors (Lipinski definition) is 5. The van der Waals surface area contributed by atoms with E-state index in [0.29, 0.717) is 5.75 Å². The quantitative estimate of drug-likeness (QED) is 0.438. The average Bonchev–Trinajstić information content (AvgIpc) is 2.41. The van der Waals surface area contributed by atoms with E-state index in [1.54, 1.807) is 26.0 Å². The molecule has 0 saturated carbocycles. The molecular weight excluding hydrogens is 279 g/mol. The van der Waals surface area contributed by atoms with Crippen molar-refractivity contribution in [2.24, 2.45) is 0 Å². The van der Waals surface area contributed by atoms with Crippen LogP contribution < -0.4 is 4.74 Å². The van der Waals surface area contributed by atoms with Crippen molar-refractivity contribution in [2.45, 2.75) is 33.4 Å². The van der Waals surface area contributed by atoms with Crippen molar-refractivity contribution < 1.29 is 23.1 Å². The van der Waals surface area contributed by atoms with E-state index in [1.165, 1.54) is 6.92 Å². The first-order valence-electron chi connectivity index (χ1n) is 6.60. The summed E-state index contributed by atoms with van der Waals surface area (Å²) in [4.78, 5) is 12.1. The number of ether oxygens (including phenoxy) is 1. The molecule has 0 radical (unpaired) electrons. The standard InChI is InChI=1S/C14H21O5P/c1-5-17-20(16,18-6-2)12(4)14(15)19-13-10-8-7-9-11(13)3/h7-10,12H,5-6H2,1-4H3. The Morgan fingerprint density at radius 1 is 1.20 bits per heavy atom. The monoisotopic (exact) mass is 300 g/mol. The minimum atomic E-state index is -3.49. The number of rotatable bonds is 7. The molecule has 0 N–H and O–H groups in total. The van der Waals surface area contributed by atoms with Gasteiger partial charge >= 0.3 is 13.6 Å². The van der Waals surface area contributed by atoms with E-state index in [9.17, 15) is 9.36 Å². The van der Waals surface area contributed by atoms with E-state index < -0.39 is 19.2 Å². The third-order valence-electron chi connectivity index (χ3n) is 2.74. The highest BCUT2D eigenvalue weighted by atomic mass is 31.2. The van der Waals surface area contributed by atoms with Gasteiger partial charge in [0.05, 0.1) is 13.2 Å². The molecule has 20 heavy (non-hydrogen) atoms. The Bertz CT molecular complexity index is 490. The lowest BCUT2D eigenvalue weighted by atomic mass is 10.2. The van der Waals surface area contributed by atoms with Crippen LogP contribution in [0.3, 0.4) is 0 Å². The Labute approximate surface area is 119 Å². The molecular formula is C14H21O5P. The maximum Gasteiger partial charge on any atom is 0.344 e. The molecule has 0 aliphatic heterocycles. The van der Waals surface area contributed by atoms with Crippen molar-refractivity contribution in [2.75, 3.05) is 13.2 Å². The molecule has 0 heterocycles. The highest BCUT2D eigenvalue weighted by Crippen LogP contribution is 2.53. The lowest BCUT2D eigenvalue weighted by Crippen LogP contribution is -2.25. The second kappa shape index (κ2) is 7.58. The van der Waals surface area contributed by atoms with E-state index >= 15 is 0 Å². The van der Waals surface area contributed by atoms with Crippen LogP contribution in [0.2, 0.25) is 0 Å². The highest BCUT2D eigenvalue weighted by Gasteiger charge is 2.38. The Kier molecular flexibility index (Phi) is 6.40. The van der Waals surface area contributed by atoms with Gasteiger partial charge in [-0.3, -0.25) is 9.36 Å². The predicted octanol–water partition coefficient (Wildman–Crippen LogP) is 3.56. The molecule has 0 bridgehead atoms. The van der Waals surface area contributed by atoms with Gasteiger partial charge in [-0.15, -0.1) is 0 Å². The molecule has 0 fully saturated rings. The number of aryl methyl sites for hydroxylation is 1. The minimum Gasteiger partial charge on any atom is -0.426 e. The van der Waals surface area contributed by atoms with Crippen LogP contribution in [0.25, 0.3) is 0 Å². The van der Waals surface area contributed by atoms with E-state index in [1.807, 2.05) is 19.1 Å². The van der Waals surface area contributed by atoms with Crippen molar-refractivity contribution in [3.8, 4) is 5.75 Å². The first kappa shape index (κ1) is 16.9. The fourth-order valence-electron chi connectivity index (χ4n) is 1.61. The van der Waals surface area contributed by atoms with Gasteiger partial charge in [-0.05, 0) is 39.3 Å². The van der Waals surface area contributed by atoms with Crippen molar-refractivity contribution in [1.29, 1.82) is 0 Å². The normalized spacial score (nSPS) is 13.0. The topological polar surface area (TPSA) is 61.8 Å². The van der Waals surface area contributed by atoms with Crippen molar-refractivity contribution in [3.05, 3.63) is 29.8 Å². The summed E-state index contributed by atoms with van der Waals surface area (Å²) in [5, 5.41) is 0. The molecule has 6 heteroatoms. The Morgan fingerprint density at radius 3 is 2.25 bits per heavy atom. The van der Waals surface area contributed by atoms with E-state index in [-0.39, 0.29) is 13.2 Å². The molecule has 0 aromatic heterocycles. The largest absolute Gasteiger partial charge is 0.426 e. The Morgan fingerprint density at radius 2 is 1.75 bits per heavy atom. The summed E-state index contributed by atoms with van der Waals surface area (Å²) in [6, 6.07) is 7.14. The molecule has 1 aromatic carbocycles. The highest BCUT2D eigenvalue weighted by molar-refractivity contribution is 7.55.